The molecule has 2 rings (SSSR count). The molecule has 0 saturated heterocycles. The Bertz CT molecular complexity index is 360. The molecule has 0 aromatic heterocycles. The molecule has 0 atom stereocenters. The van der Waals surface area contributed by atoms with Gasteiger partial charge in [-0.15, -0.1) is 0 Å². The fourth-order valence-electron chi connectivity index (χ4n) is 2.58. The molecule has 0 bridgehead atoms. The van der Waals surface area contributed by atoms with Gasteiger partial charge in [-0.25, -0.2) is 0 Å². The van der Waals surface area contributed by atoms with E-state index in [0.717, 1.165) is 24.4 Å². The van der Waals surface area contributed by atoms with Gasteiger partial charge in [0.05, 0.1) is 31.0 Å². The highest BCUT2D eigenvalue weighted by atomic mass is 16.5. The smallest absolute Gasteiger partial charge is 0.0971 e. The minimum absolute atomic E-state index is 0.0768. The molecule has 18 heavy (non-hydrogen) atoms. The van der Waals surface area contributed by atoms with Gasteiger partial charge in [-0.05, 0) is 32.3 Å². The summed E-state index contributed by atoms with van der Waals surface area (Å²) in [5, 5.41) is 18.9. The Morgan fingerprint density at radius 3 is 2.39 bits per heavy atom. The van der Waals surface area contributed by atoms with Crippen molar-refractivity contribution in [3.63, 3.8) is 0 Å². The maximum atomic E-state index is 9.46. The van der Waals surface area contributed by atoms with E-state index >= 15 is 0 Å². The molecule has 102 valence electrons. The van der Waals surface area contributed by atoms with Gasteiger partial charge in [0.25, 0.3) is 0 Å². The quantitative estimate of drug-likeness (QED) is 0.714. The topological polar surface area (TPSA) is 49.7 Å². The monoisotopic (exact) mass is 252 g/mol. The third-order valence-corrected chi connectivity index (χ3v) is 4.29. The van der Waals surface area contributed by atoms with Crippen molar-refractivity contribution in [2.24, 2.45) is 10.8 Å². The summed E-state index contributed by atoms with van der Waals surface area (Å²) in [7, 11) is 0. The maximum absolute atomic E-state index is 9.46. The van der Waals surface area contributed by atoms with E-state index < -0.39 is 5.41 Å². The standard InChI is InChI=1S/C15H24O3/c1-3-14(4-5-14)11-18-13-6-12(2)7-15(8-13,9-16)10-17/h7-8,16-17H,3-6,9-11H2,1-2H3. The number of hydrogen-bond acceptors (Lipinski definition) is 3. The molecular formula is C15H24O3. The van der Waals surface area contributed by atoms with E-state index in [9.17, 15) is 10.2 Å². The van der Waals surface area contributed by atoms with Crippen LogP contribution in [0.5, 0.6) is 0 Å². The number of rotatable bonds is 6. The second-order valence-electron chi connectivity index (χ2n) is 5.97. The number of allylic oxidation sites excluding steroid dienone is 1. The van der Waals surface area contributed by atoms with Crippen LogP contribution in [0.15, 0.2) is 23.5 Å². The van der Waals surface area contributed by atoms with Crippen molar-refractivity contribution in [3.05, 3.63) is 23.5 Å². The van der Waals surface area contributed by atoms with Crippen molar-refractivity contribution in [3.8, 4) is 0 Å². The first-order valence-corrected chi connectivity index (χ1v) is 6.82. The molecular weight excluding hydrogens is 228 g/mol. The van der Waals surface area contributed by atoms with Crippen LogP contribution in [0.3, 0.4) is 0 Å². The van der Waals surface area contributed by atoms with Crippen molar-refractivity contribution in [2.75, 3.05) is 19.8 Å². The normalized spacial score (nSPS) is 24.2. The van der Waals surface area contributed by atoms with Crippen LogP contribution < -0.4 is 0 Å². The molecule has 3 heteroatoms. The summed E-state index contributed by atoms with van der Waals surface area (Å²) in [6.45, 7) is 4.85. The number of aliphatic hydroxyl groups excluding tert-OH is 2. The number of aliphatic hydroxyl groups is 2. The van der Waals surface area contributed by atoms with Crippen LogP contribution >= 0.6 is 0 Å². The van der Waals surface area contributed by atoms with Gasteiger partial charge in [0, 0.05) is 11.8 Å². The summed E-state index contributed by atoms with van der Waals surface area (Å²) in [4.78, 5) is 0. The fourth-order valence-corrected chi connectivity index (χ4v) is 2.58. The Morgan fingerprint density at radius 1 is 1.22 bits per heavy atom. The van der Waals surface area contributed by atoms with Crippen LogP contribution in [0.2, 0.25) is 0 Å². The maximum Gasteiger partial charge on any atom is 0.0971 e. The third kappa shape index (κ3) is 2.78. The lowest BCUT2D eigenvalue weighted by Crippen LogP contribution is -2.28. The SMILES string of the molecule is CCC1(COC2=CC(CO)(CO)C=C(C)C2)CC1. The highest BCUT2D eigenvalue weighted by Gasteiger charge is 2.42. The first-order chi connectivity index (χ1) is 8.57. The second-order valence-corrected chi connectivity index (χ2v) is 5.97. The van der Waals surface area contributed by atoms with E-state index in [0.29, 0.717) is 5.41 Å². The molecule has 2 aliphatic rings. The Kier molecular flexibility index (Phi) is 3.83. The lowest BCUT2D eigenvalue weighted by atomic mass is 9.82. The van der Waals surface area contributed by atoms with Crippen LogP contribution in [0, 0.1) is 10.8 Å². The Hall–Kier alpha value is -0.800. The molecule has 0 unspecified atom stereocenters. The predicted octanol–water partition coefficient (Wildman–Crippen LogP) is 2.40. The summed E-state index contributed by atoms with van der Waals surface area (Å²) < 4.78 is 5.93. The average molecular weight is 252 g/mol. The lowest BCUT2D eigenvalue weighted by Gasteiger charge is -2.29. The Labute approximate surface area is 109 Å². The molecule has 0 spiro atoms. The lowest BCUT2D eigenvalue weighted by molar-refractivity contribution is 0.107. The van der Waals surface area contributed by atoms with E-state index in [1.807, 2.05) is 19.1 Å². The van der Waals surface area contributed by atoms with Crippen LogP contribution in [0.1, 0.15) is 39.5 Å². The molecule has 3 nitrogen and oxygen atoms in total. The molecule has 2 N–H and O–H groups in total. The van der Waals surface area contributed by atoms with Gasteiger partial charge in [0.2, 0.25) is 0 Å². The van der Waals surface area contributed by atoms with Gasteiger partial charge < -0.3 is 14.9 Å². The highest BCUT2D eigenvalue weighted by Crippen LogP contribution is 2.49. The molecule has 1 fully saturated rings. The minimum atomic E-state index is -0.638. The fraction of sp³-hybridized carbons (Fsp3) is 0.733. The number of ether oxygens (including phenoxy) is 1. The van der Waals surface area contributed by atoms with Crippen LogP contribution in [-0.2, 0) is 4.74 Å². The van der Waals surface area contributed by atoms with Gasteiger partial charge in [-0.3, -0.25) is 0 Å². The van der Waals surface area contributed by atoms with Crippen LogP contribution in [0.4, 0.5) is 0 Å². The van der Waals surface area contributed by atoms with Gasteiger partial charge in [-0.1, -0.05) is 18.6 Å². The highest BCUT2D eigenvalue weighted by molar-refractivity contribution is 5.26. The number of hydrogen-bond donors (Lipinski definition) is 2. The summed E-state index contributed by atoms with van der Waals surface area (Å²) in [5.74, 6) is 0.901. The van der Waals surface area contributed by atoms with E-state index in [1.54, 1.807) is 0 Å². The van der Waals surface area contributed by atoms with Gasteiger partial charge in [0.15, 0.2) is 0 Å². The van der Waals surface area contributed by atoms with E-state index in [4.69, 9.17) is 4.74 Å². The first kappa shape index (κ1) is 13.6. The molecule has 0 heterocycles. The van der Waals surface area contributed by atoms with E-state index in [2.05, 4.69) is 6.92 Å². The summed E-state index contributed by atoms with van der Waals surface area (Å²) in [6, 6.07) is 0. The largest absolute Gasteiger partial charge is 0.497 e. The van der Waals surface area contributed by atoms with Crippen molar-refractivity contribution < 1.29 is 14.9 Å². The zero-order valence-corrected chi connectivity index (χ0v) is 11.4. The van der Waals surface area contributed by atoms with Crippen molar-refractivity contribution in [1.29, 1.82) is 0 Å². The van der Waals surface area contributed by atoms with Crippen molar-refractivity contribution in [2.45, 2.75) is 39.5 Å². The molecule has 0 radical (unpaired) electrons. The van der Waals surface area contributed by atoms with Crippen molar-refractivity contribution in [1.82, 2.24) is 0 Å². The Morgan fingerprint density at radius 2 is 1.89 bits per heavy atom. The van der Waals surface area contributed by atoms with E-state index in [-0.39, 0.29) is 13.2 Å². The zero-order chi connectivity index (χ0) is 13.2. The average Bonchev–Trinajstić information content (AvgIpc) is 3.16. The molecule has 0 aromatic carbocycles. The molecule has 0 aliphatic heterocycles. The van der Waals surface area contributed by atoms with Gasteiger partial charge in [0.1, 0.15) is 0 Å². The summed E-state index contributed by atoms with van der Waals surface area (Å²) in [6.07, 6.45) is 8.33. The Balaban J connectivity index is 2.02. The molecule has 0 amide bonds. The second kappa shape index (κ2) is 5.06. The van der Waals surface area contributed by atoms with Crippen molar-refractivity contribution >= 4 is 0 Å². The van der Waals surface area contributed by atoms with E-state index in [1.165, 1.54) is 19.3 Å². The first-order valence-electron chi connectivity index (χ1n) is 6.82. The van der Waals surface area contributed by atoms with Gasteiger partial charge >= 0.3 is 0 Å². The van der Waals surface area contributed by atoms with Crippen LogP contribution in [0.25, 0.3) is 0 Å². The summed E-state index contributed by atoms with van der Waals surface area (Å²) in [5.41, 5.74) is 0.911. The van der Waals surface area contributed by atoms with Crippen LogP contribution in [-0.4, -0.2) is 30.0 Å². The zero-order valence-electron chi connectivity index (χ0n) is 11.4. The molecule has 1 saturated carbocycles. The predicted molar refractivity (Wildman–Crippen MR) is 71.0 cm³/mol. The molecule has 2 aliphatic carbocycles. The van der Waals surface area contributed by atoms with Gasteiger partial charge in [-0.2, -0.15) is 0 Å². The molecule has 0 aromatic rings. The minimum Gasteiger partial charge on any atom is -0.497 e. The summed E-state index contributed by atoms with van der Waals surface area (Å²) >= 11 is 0. The third-order valence-electron chi connectivity index (χ3n) is 4.29.